The van der Waals surface area contributed by atoms with Crippen molar-refractivity contribution in [2.24, 2.45) is 0 Å². The monoisotopic (exact) mass is 465 g/mol. The molecule has 0 atom stereocenters. The van der Waals surface area contributed by atoms with Gasteiger partial charge in [-0.1, -0.05) is 17.7 Å². The van der Waals surface area contributed by atoms with E-state index < -0.39 is 5.97 Å². The lowest BCUT2D eigenvalue weighted by atomic mass is 10.1. The Labute approximate surface area is 191 Å². The lowest BCUT2D eigenvalue weighted by Crippen LogP contribution is -2.06. The van der Waals surface area contributed by atoms with Crippen molar-refractivity contribution in [3.05, 3.63) is 65.1 Å². The van der Waals surface area contributed by atoms with E-state index >= 15 is 0 Å². The van der Waals surface area contributed by atoms with Gasteiger partial charge in [-0.2, -0.15) is 4.37 Å². The van der Waals surface area contributed by atoms with E-state index in [0.717, 1.165) is 10.1 Å². The molecule has 2 aromatic carbocycles. The fraction of sp³-hybridized carbons (Fsp3) is 0.0909. The van der Waals surface area contributed by atoms with E-state index in [1.165, 1.54) is 17.9 Å². The van der Waals surface area contributed by atoms with Crippen LogP contribution in [0.1, 0.15) is 12.0 Å². The summed E-state index contributed by atoms with van der Waals surface area (Å²) in [6, 6.07) is 11.1. The number of hydrogen-bond donors (Lipinski definition) is 3. The van der Waals surface area contributed by atoms with E-state index in [1.807, 2.05) is 24.3 Å². The Bertz CT molecular complexity index is 1370. The molecule has 8 nitrogen and oxygen atoms in total. The van der Waals surface area contributed by atoms with E-state index in [0.29, 0.717) is 52.4 Å². The maximum atomic E-state index is 11.5. The number of benzene rings is 2. The molecule has 0 amide bonds. The number of carboxylic acids is 1. The van der Waals surface area contributed by atoms with Crippen LogP contribution in [0.3, 0.4) is 0 Å². The number of anilines is 3. The molecule has 160 valence electrons. The number of carboxylic acid groups (broad SMARTS) is 1. The zero-order valence-corrected chi connectivity index (χ0v) is 18.1. The molecule has 0 unspecified atom stereocenters. The van der Waals surface area contributed by atoms with Crippen molar-refractivity contribution in [2.75, 3.05) is 17.2 Å². The molecule has 1 aliphatic heterocycles. The summed E-state index contributed by atoms with van der Waals surface area (Å²) < 4.78 is 11.3. The van der Waals surface area contributed by atoms with Crippen molar-refractivity contribution in [1.29, 1.82) is 0 Å². The molecule has 2 aromatic heterocycles. The van der Waals surface area contributed by atoms with E-state index in [4.69, 9.17) is 16.3 Å². The number of carbonyl (C=O) groups is 1. The van der Waals surface area contributed by atoms with Crippen molar-refractivity contribution >= 4 is 62.6 Å². The number of nitrogens with zero attached hydrogens (tertiary/aromatic N) is 3. The van der Waals surface area contributed by atoms with Gasteiger partial charge in [-0.3, -0.25) is 0 Å². The molecular weight excluding hydrogens is 450 g/mol. The second-order valence-electron chi connectivity index (χ2n) is 7.00. The Morgan fingerprint density at radius 2 is 2.12 bits per heavy atom. The predicted octanol–water partition coefficient (Wildman–Crippen LogP) is 5.56. The molecule has 0 aliphatic carbocycles. The molecule has 0 fully saturated rings. The second-order valence-corrected chi connectivity index (χ2v) is 8.24. The summed E-state index contributed by atoms with van der Waals surface area (Å²) in [5, 5.41) is 17.1. The highest BCUT2D eigenvalue weighted by Crippen LogP contribution is 2.37. The van der Waals surface area contributed by atoms with Crippen LogP contribution >= 0.6 is 23.1 Å². The van der Waals surface area contributed by atoms with Crippen LogP contribution in [-0.2, 0) is 4.79 Å². The molecule has 1 aliphatic rings. The predicted molar refractivity (Wildman–Crippen MR) is 125 cm³/mol. The van der Waals surface area contributed by atoms with Gasteiger partial charge in [0.25, 0.3) is 0 Å². The second kappa shape index (κ2) is 8.45. The average molecular weight is 466 g/mol. The van der Waals surface area contributed by atoms with Crippen molar-refractivity contribution in [2.45, 2.75) is 6.42 Å². The minimum Gasteiger partial charge on any atom is -0.478 e. The van der Waals surface area contributed by atoms with Gasteiger partial charge in [0.15, 0.2) is 0 Å². The van der Waals surface area contributed by atoms with Crippen molar-refractivity contribution < 1.29 is 14.6 Å². The summed E-state index contributed by atoms with van der Waals surface area (Å²) in [5.41, 5.74) is 1.54. The van der Waals surface area contributed by atoms with Gasteiger partial charge >= 0.3 is 5.97 Å². The number of aromatic nitrogens is 3. The number of aliphatic carboxylic acids is 1. The number of hydrogen-bond acceptors (Lipinski definition) is 8. The quantitative estimate of drug-likeness (QED) is 0.351. The summed E-state index contributed by atoms with van der Waals surface area (Å²) in [6.07, 6.45) is 5.17. The fourth-order valence-corrected chi connectivity index (χ4v) is 4.26. The van der Waals surface area contributed by atoms with Crippen LogP contribution in [0, 0.1) is 0 Å². The van der Waals surface area contributed by atoms with Crippen LogP contribution in [0.5, 0.6) is 11.5 Å². The highest BCUT2D eigenvalue weighted by molar-refractivity contribution is 7.13. The van der Waals surface area contributed by atoms with E-state index in [1.54, 1.807) is 24.4 Å². The van der Waals surface area contributed by atoms with Gasteiger partial charge in [0.2, 0.25) is 0 Å². The van der Waals surface area contributed by atoms with Crippen LogP contribution < -0.4 is 15.4 Å². The molecule has 3 N–H and O–H groups in total. The van der Waals surface area contributed by atoms with Gasteiger partial charge in [0.1, 0.15) is 29.5 Å². The first-order valence-corrected chi connectivity index (χ1v) is 10.8. The molecule has 0 radical (unpaired) electrons. The number of halogens is 1. The number of fused-ring (bicyclic) bond motifs is 2. The molecule has 5 rings (SSSR count). The van der Waals surface area contributed by atoms with Gasteiger partial charge in [-0.05, 0) is 54.4 Å². The lowest BCUT2D eigenvalue weighted by Gasteiger charge is -2.13. The van der Waals surface area contributed by atoms with E-state index in [9.17, 15) is 9.90 Å². The Balaban J connectivity index is 1.43. The minimum absolute atomic E-state index is 0.285. The largest absolute Gasteiger partial charge is 0.478 e. The Morgan fingerprint density at radius 3 is 2.97 bits per heavy atom. The summed E-state index contributed by atoms with van der Waals surface area (Å²) >= 11 is 7.90. The fourth-order valence-electron chi connectivity index (χ4n) is 3.38. The maximum absolute atomic E-state index is 11.5. The molecule has 0 bridgehead atoms. The third-order valence-corrected chi connectivity index (χ3v) is 6.00. The molecular formula is C22H16ClN5O3S. The normalized spacial score (nSPS) is 13.0. The first-order chi connectivity index (χ1) is 15.6. The summed E-state index contributed by atoms with van der Waals surface area (Å²) in [7, 11) is 0. The first-order valence-electron chi connectivity index (χ1n) is 9.69. The number of nitrogens with one attached hydrogen (secondary N) is 2. The Hall–Kier alpha value is -3.69. The van der Waals surface area contributed by atoms with Crippen LogP contribution in [0.4, 0.5) is 17.3 Å². The molecule has 10 heteroatoms. The third-order valence-electron chi connectivity index (χ3n) is 4.94. The third kappa shape index (κ3) is 3.95. The topological polar surface area (TPSA) is 109 Å². The van der Waals surface area contributed by atoms with Crippen molar-refractivity contribution in [1.82, 2.24) is 14.3 Å². The lowest BCUT2D eigenvalue weighted by molar-refractivity contribution is -0.132. The van der Waals surface area contributed by atoms with Crippen molar-refractivity contribution in [3.63, 3.8) is 0 Å². The molecule has 3 heterocycles. The van der Waals surface area contributed by atoms with Gasteiger partial charge in [0, 0.05) is 17.8 Å². The summed E-state index contributed by atoms with van der Waals surface area (Å²) in [6.45, 7) is 0.478. The zero-order valence-electron chi connectivity index (χ0n) is 16.5. The first kappa shape index (κ1) is 20.2. The molecule has 32 heavy (non-hydrogen) atoms. The SMILES string of the molecule is O=C(O)C1=Cc2c(ncnc2Nc2ccc(Oc3cccc4sncc34)c(Cl)c2)NCC1. The van der Waals surface area contributed by atoms with Gasteiger partial charge in [-0.15, -0.1) is 0 Å². The standard InChI is InChI=1S/C22H16ClN5O3S/c23-16-9-13(4-5-18(16)31-17-2-1-3-19-15(17)10-27-32-19)28-21-14-8-12(22(29)30)6-7-24-20(14)25-11-26-21/h1-5,8-11H,6-7H2,(H,29,30)(H2,24,25,26,28). The van der Waals surface area contributed by atoms with Crippen molar-refractivity contribution in [3.8, 4) is 11.5 Å². The van der Waals surface area contributed by atoms with Gasteiger partial charge in [0.05, 0.1) is 26.9 Å². The average Bonchev–Trinajstić information content (AvgIpc) is 3.15. The van der Waals surface area contributed by atoms with Crippen LogP contribution in [0.15, 0.2) is 54.5 Å². The number of ether oxygens (including phenoxy) is 1. The smallest absolute Gasteiger partial charge is 0.331 e. The highest BCUT2D eigenvalue weighted by Gasteiger charge is 2.18. The summed E-state index contributed by atoms with van der Waals surface area (Å²) in [4.78, 5) is 20.0. The highest BCUT2D eigenvalue weighted by atomic mass is 35.5. The zero-order chi connectivity index (χ0) is 22.1. The molecule has 0 spiro atoms. The maximum Gasteiger partial charge on any atom is 0.331 e. The Kier molecular flexibility index (Phi) is 5.34. The van der Waals surface area contributed by atoms with E-state index in [-0.39, 0.29) is 5.57 Å². The molecule has 0 saturated carbocycles. The minimum atomic E-state index is -0.963. The van der Waals surface area contributed by atoms with Gasteiger partial charge < -0.3 is 20.5 Å². The molecule has 0 saturated heterocycles. The Morgan fingerprint density at radius 1 is 1.22 bits per heavy atom. The van der Waals surface area contributed by atoms with E-state index in [2.05, 4.69) is 25.0 Å². The number of rotatable bonds is 5. The van der Waals surface area contributed by atoms with Crippen LogP contribution in [0.2, 0.25) is 5.02 Å². The summed E-state index contributed by atoms with van der Waals surface area (Å²) in [5.74, 6) is 1.27. The van der Waals surface area contributed by atoms with Gasteiger partial charge in [-0.25, -0.2) is 14.8 Å². The van der Waals surface area contributed by atoms with Crippen LogP contribution in [0.25, 0.3) is 16.2 Å². The van der Waals surface area contributed by atoms with Crippen LogP contribution in [-0.4, -0.2) is 32.0 Å². The molecule has 4 aromatic rings.